The second kappa shape index (κ2) is 8.20. The largest absolute Gasteiger partial charge is 0.481 e. The maximum atomic E-state index is 10.8. The first-order valence-corrected chi connectivity index (χ1v) is 11.6. The Bertz CT molecular complexity index is 1210. The zero-order valence-corrected chi connectivity index (χ0v) is 18.5. The van der Waals surface area contributed by atoms with Crippen molar-refractivity contribution in [2.75, 3.05) is 5.75 Å². The number of hydrogen-bond donors (Lipinski definition) is 1. The van der Waals surface area contributed by atoms with E-state index in [-0.39, 0.29) is 6.42 Å². The molecule has 0 spiro atoms. The monoisotopic (exact) mass is 424 g/mol. The van der Waals surface area contributed by atoms with Gasteiger partial charge in [0.2, 0.25) is 0 Å². The van der Waals surface area contributed by atoms with Crippen LogP contribution in [-0.2, 0) is 11.3 Å². The van der Waals surface area contributed by atoms with E-state index in [4.69, 9.17) is 10.1 Å². The van der Waals surface area contributed by atoms with Gasteiger partial charge in [-0.05, 0) is 72.8 Å². The van der Waals surface area contributed by atoms with Gasteiger partial charge in [-0.2, -0.15) is 0 Å². The van der Waals surface area contributed by atoms with Crippen LogP contribution in [0, 0.1) is 20.8 Å². The molecule has 2 aromatic carbocycles. The molecule has 2 aromatic heterocycles. The van der Waals surface area contributed by atoms with Gasteiger partial charge < -0.3 is 9.67 Å². The first-order chi connectivity index (χ1) is 13.9. The van der Waals surface area contributed by atoms with Crippen molar-refractivity contribution in [1.29, 1.82) is 0 Å². The molecule has 0 aliphatic carbocycles. The van der Waals surface area contributed by atoms with Crippen LogP contribution < -0.4 is 0 Å². The summed E-state index contributed by atoms with van der Waals surface area (Å²) in [6.45, 7) is 7.14. The van der Waals surface area contributed by atoms with E-state index in [0.717, 1.165) is 28.5 Å². The van der Waals surface area contributed by atoms with E-state index >= 15 is 0 Å². The number of nitrogens with zero attached hydrogens (tertiary/aromatic N) is 2. The number of hydrogen-bond acceptors (Lipinski definition) is 4. The molecule has 4 nitrogen and oxygen atoms in total. The summed E-state index contributed by atoms with van der Waals surface area (Å²) in [5.74, 6) is 0.00216. The molecule has 0 saturated carbocycles. The maximum absolute atomic E-state index is 10.8. The van der Waals surface area contributed by atoms with E-state index in [9.17, 15) is 4.79 Å². The van der Waals surface area contributed by atoms with E-state index in [1.165, 1.54) is 32.3 Å². The van der Waals surface area contributed by atoms with Crippen molar-refractivity contribution < 1.29 is 9.90 Å². The van der Waals surface area contributed by atoms with Gasteiger partial charge in [0, 0.05) is 16.9 Å². The molecule has 1 N–H and O–H groups in total. The van der Waals surface area contributed by atoms with Crippen molar-refractivity contribution in [2.45, 2.75) is 45.3 Å². The Morgan fingerprint density at radius 2 is 1.97 bits per heavy atom. The van der Waals surface area contributed by atoms with Crippen molar-refractivity contribution in [1.82, 2.24) is 9.55 Å². The number of thiophene rings is 1. The van der Waals surface area contributed by atoms with Crippen LogP contribution in [-0.4, -0.2) is 26.4 Å². The average Bonchev–Trinajstić information content (AvgIpc) is 3.21. The molecule has 0 saturated heterocycles. The highest BCUT2D eigenvalue weighted by molar-refractivity contribution is 7.99. The number of aliphatic carboxylic acids is 1. The summed E-state index contributed by atoms with van der Waals surface area (Å²) in [6, 6.07) is 11.0. The fraction of sp³-hybridized carbons (Fsp3) is 0.304. The number of fused-ring (bicyclic) bond motifs is 2. The molecule has 0 radical (unpaired) electrons. The lowest BCUT2D eigenvalue weighted by Crippen LogP contribution is -2.02. The van der Waals surface area contributed by atoms with Crippen molar-refractivity contribution in [2.24, 2.45) is 0 Å². The van der Waals surface area contributed by atoms with Gasteiger partial charge in [0.25, 0.3) is 0 Å². The van der Waals surface area contributed by atoms with Gasteiger partial charge in [-0.1, -0.05) is 29.5 Å². The summed E-state index contributed by atoms with van der Waals surface area (Å²) in [6.07, 6.45) is 0.835. The molecular formula is C23H24N2O2S2. The number of benzene rings is 2. The molecule has 6 heteroatoms. The van der Waals surface area contributed by atoms with E-state index in [0.29, 0.717) is 6.42 Å². The summed E-state index contributed by atoms with van der Waals surface area (Å²) >= 11 is 3.43. The van der Waals surface area contributed by atoms with Gasteiger partial charge >= 0.3 is 5.97 Å². The summed E-state index contributed by atoms with van der Waals surface area (Å²) in [5.41, 5.74) is 7.21. The molecule has 0 fully saturated rings. The lowest BCUT2D eigenvalue weighted by atomic mass is 10.1. The minimum Gasteiger partial charge on any atom is -0.481 e. The Hall–Kier alpha value is -2.31. The predicted octanol–water partition coefficient (Wildman–Crippen LogP) is 6.18. The van der Waals surface area contributed by atoms with E-state index < -0.39 is 5.97 Å². The quantitative estimate of drug-likeness (QED) is 0.284. The van der Waals surface area contributed by atoms with Crippen LogP contribution in [0.15, 0.2) is 40.9 Å². The van der Waals surface area contributed by atoms with Crippen molar-refractivity contribution in [3.63, 3.8) is 0 Å². The number of carboxylic acid groups (broad SMARTS) is 1. The van der Waals surface area contributed by atoms with Gasteiger partial charge in [-0.3, -0.25) is 4.79 Å². The summed E-state index contributed by atoms with van der Waals surface area (Å²) < 4.78 is 3.59. The molecule has 0 aliphatic heterocycles. The molecule has 4 rings (SSSR count). The number of aryl methyl sites for hydroxylation is 3. The number of rotatable bonds is 7. The third kappa shape index (κ3) is 4.19. The third-order valence-corrected chi connectivity index (χ3v) is 7.31. The summed E-state index contributed by atoms with van der Waals surface area (Å²) in [7, 11) is 0. The molecule has 150 valence electrons. The fourth-order valence-electron chi connectivity index (χ4n) is 3.50. The molecule has 4 aromatic rings. The molecule has 0 aliphatic rings. The van der Waals surface area contributed by atoms with Crippen LogP contribution in [0.1, 0.15) is 35.1 Å². The molecule has 29 heavy (non-hydrogen) atoms. The Balaban J connectivity index is 1.73. The number of thioether (sulfide) groups is 1. The van der Waals surface area contributed by atoms with Gasteiger partial charge in [0.1, 0.15) is 0 Å². The van der Waals surface area contributed by atoms with Crippen LogP contribution in [0.5, 0.6) is 0 Å². The zero-order chi connectivity index (χ0) is 20.5. The number of carboxylic acids is 1. The van der Waals surface area contributed by atoms with Crippen LogP contribution >= 0.6 is 23.1 Å². The summed E-state index contributed by atoms with van der Waals surface area (Å²) in [4.78, 5) is 15.7. The van der Waals surface area contributed by atoms with Crippen LogP contribution in [0.25, 0.3) is 21.1 Å². The van der Waals surface area contributed by atoms with Gasteiger partial charge in [-0.25, -0.2) is 4.98 Å². The topological polar surface area (TPSA) is 55.1 Å². The average molecular weight is 425 g/mol. The number of carbonyl (C=O) groups is 1. The van der Waals surface area contributed by atoms with Gasteiger partial charge in [0.05, 0.1) is 17.6 Å². The SMILES string of the molecule is Cc1ccc2scc(Cn3c(SCCCC(=O)O)nc4cc(C)c(C)cc43)c2c1. The number of imidazole rings is 1. The minimum atomic E-state index is -0.745. The van der Waals surface area contributed by atoms with Crippen LogP contribution in [0.3, 0.4) is 0 Å². The molecule has 0 amide bonds. The van der Waals surface area contributed by atoms with E-state index in [2.05, 4.69) is 61.1 Å². The first kappa shape index (κ1) is 20.0. The van der Waals surface area contributed by atoms with Gasteiger partial charge in [0.15, 0.2) is 5.16 Å². The minimum absolute atomic E-state index is 0.194. The molecular weight excluding hydrogens is 400 g/mol. The smallest absolute Gasteiger partial charge is 0.303 e. The first-order valence-electron chi connectivity index (χ1n) is 9.71. The van der Waals surface area contributed by atoms with Crippen molar-refractivity contribution in [3.05, 3.63) is 58.0 Å². The molecule has 0 unspecified atom stereocenters. The Morgan fingerprint density at radius 3 is 2.76 bits per heavy atom. The van der Waals surface area contributed by atoms with Crippen molar-refractivity contribution in [3.8, 4) is 0 Å². The normalized spacial score (nSPS) is 11.6. The highest BCUT2D eigenvalue weighted by atomic mass is 32.2. The second-order valence-corrected chi connectivity index (χ2v) is 9.49. The number of aromatic nitrogens is 2. The zero-order valence-electron chi connectivity index (χ0n) is 16.9. The van der Waals surface area contributed by atoms with E-state index in [1.807, 2.05) is 0 Å². The Labute approximate surface area is 178 Å². The summed E-state index contributed by atoms with van der Waals surface area (Å²) in [5, 5.41) is 13.4. The van der Waals surface area contributed by atoms with Crippen molar-refractivity contribution >= 4 is 50.2 Å². The molecule has 0 bridgehead atoms. The predicted molar refractivity (Wildman–Crippen MR) is 122 cm³/mol. The fourth-order valence-corrected chi connectivity index (χ4v) is 5.38. The highest BCUT2D eigenvalue weighted by Gasteiger charge is 2.15. The van der Waals surface area contributed by atoms with Gasteiger partial charge in [-0.15, -0.1) is 11.3 Å². The highest BCUT2D eigenvalue weighted by Crippen LogP contribution is 2.32. The second-order valence-electron chi connectivity index (χ2n) is 7.51. The van der Waals surface area contributed by atoms with Crippen LogP contribution in [0.2, 0.25) is 0 Å². The third-order valence-electron chi connectivity index (χ3n) is 5.23. The lowest BCUT2D eigenvalue weighted by molar-refractivity contribution is -0.137. The Morgan fingerprint density at radius 1 is 1.17 bits per heavy atom. The molecule has 0 atom stereocenters. The molecule has 2 heterocycles. The maximum Gasteiger partial charge on any atom is 0.303 e. The Kier molecular flexibility index (Phi) is 5.65. The lowest BCUT2D eigenvalue weighted by Gasteiger charge is -2.10. The standard InChI is InChI=1S/C23H24N2O2S2/c1-14-6-7-21-18(9-14)17(13-29-21)12-25-20-11-16(3)15(2)10-19(20)24-23(25)28-8-4-5-22(26)27/h6-7,9-11,13H,4-5,8,12H2,1-3H3,(H,26,27). The van der Waals surface area contributed by atoms with Crippen LogP contribution in [0.4, 0.5) is 0 Å². The van der Waals surface area contributed by atoms with E-state index in [1.54, 1.807) is 23.1 Å².